The number of amides is 1. The van der Waals surface area contributed by atoms with Gasteiger partial charge in [0.1, 0.15) is 19.5 Å². The van der Waals surface area contributed by atoms with Crippen molar-refractivity contribution in [1.82, 2.24) is 5.32 Å². The number of likely N-dealkylation sites (N-methyl/N-ethyl adjacent to an activating group) is 1. The Morgan fingerprint density at radius 2 is 1.88 bits per heavy atom. The molecule has 1 unspecified atom stereocenters. The van der Waals surface area contributed by atoms with Crippen molar-refractivity contribution in [3.8, 4) is 5.75 Å². The first-order valence-corrected chi connectivity index (χ1v) is 9.89. The Labute approximate surface area is 185 Å². The van der Waals surface area contributed by atoms with Gasteiger partial charge in [-0.2, -0.15) is 0 Å². The molecule has 0 heterocycles. The van der Waals surface area contributed by atoms with Crippen LogP contribution >= 0.6 is 9.24 Å². The van der Waals surface area contributed by atoms with Crippen LogP contribution in [0.3, 0.4) is 0 Å². The van der Waals surface area contributed by atoms with Crippen LogP contribution in [0.2, 0.25) is 0 Å². The second-order valence-electron chi connectivity index (χ2n) is 6.56. The Kier molecular flexibility index (Phi) is 8.60. The number of hydrogen-bond acceptors (Lipinski definition) is 6. The lowest BCUT2D eigenvalue weighted by Gasteiger charge is -2.15. The Hall–Kier alpha value is -3.13. The van der Waals surface area contributed by atoms with E-state index < -0.39 is 12.3 Å². The highest BCUT2D eigenvalue weighted by Gasteiger charge is 2.32. The van der Waals surface area contributed by atoms with E-state index in [1.807, 2.05) is 13.0 Å². The van der Waals surface area contributed by atoms with E-state index in [2.05, 4.69) is 29.6 Å². The molecule has 172 valence electrons. The molecular weight excluding hydrogens is 446 g/mol. The summed E-state index contributed by atoms with van der Waals surface area (Å²) in [7, 11) is 5.10. The van der Waals surface area contributed by atoms with Crippen LogP contribution in [-0.2, 0) is 21.1 Å². The number of ether oxygens (including phenoxy) is 1. The van der Waals surface area contributed by atoms with Gasteiger partial charge in [-0.25, -0.2) is 0 Å². The van der Waals surface area contributed by atoms with Gasteiger partial charge in [0.05, 0.1) is 5.71 Å². The monoisotopic (exact) mass is 469 g/mol. The average Bonchev–Trinajstić information content (AvgIpc) is 2.71. The highest BCUT2D eigenvalue weighted by molar-refractivity contribution is 7.27. The molecule has 0 saturated carbocycles. The summed E-state index contributed by atoms with van der Waals surface area (Å²) < 4.78 is 42.4. The zero-order chi connectivity index (χ0) is 23.9. The molecule has 0 aromatic heterocycles. The maximum atomic E-state index is 12.8. The SMILES string of the molecule is CNC(=O)/C(=N/OC)c1cccc(C)c1CO/N=C(\C)c1ccc(P)cc1OC(F)(F)F. The molecule has 0 bridgehead atoms. The molecule has 0 fully saturated rings. The van der Waals surface area contributed by atoms with Crippen molar-refractivity contribution in [3.05, 3.63) is 58.7 Å². The van der Waals surface area contributed by atoms with E-state index in [0.29, 0.717) is 16.4 Å². The van der Waals surface area contributed by atoms with Gasteiger partial charge in [0, 0.05) is 23.7 Å². The summed E-state index contributed by atoms with van der Waals surface area (Å²) >= 11 is 0. The standard InChI is InChI=1S/C21H23F3N3O4P/c1-12-6-5-7-16(19(27-29-4)20(28)25-3)17(12)11-30-26-13(2)15-9-8-14(32)10-18(15)31-21(22,23)24/h5-10H,11,32H2,1-4H3,(H,25,28)/b26-13+,27-19+. The summed E-state index contributed by atoms with van der Waals surface area (Å²) in [5.41, 5.74) is 2.27. The summed E-state index contributed by atoms with van der Waals surface area (Å²) in [5.74, 6) is -0.842. The third-order valence-electron chi connectivity index (χ3n) is 4.32. The number of oxime groups is 2. The van der Waals surface area contributed by atoms with E-state index >= 15 is 0 Å². The van der Waals surface area contributed by atoms with Crippen LogP contribution in [-0.4, -0.2) is 37.9 Å². The van der Waals surface area contributed by atoms with E-state index in [4.69, 9.17) is 9.68 Å². The summed E-state index contributed by atoms with van der Waals surface area (Å²) in [6.07, 6.45) is -4.85. The minimum Gasteiger partial charge on any atom is -0.405 e. The number of halogens is 3. The molecule has 2 rings (SSSR count). The predicted molar refractivity (Wildman–Crippen MR) is 118 cm³/mol. The number of aryl methyl sites for hydroxylation is 1. The van der Waals surface area contributed by atoms with Crippen LogP contribution in [0.4, 0.5) is 13.2 Å². The third kappa shape index (κ3) is 6.68. The number of carbonyl (C=O) groups excluding carboxylic acids is 1. The lowest BCUT2D eigenvalue weighted by atomic mass is 9.98. The molecule has 0 aliphatic rings. The molecule has 0 aliphatic heterocycles. The molecule has 1 atom stereocenters. The van der Waals surface area contributed by atoms with Crippen molar-refractivity contribution in [2.45, 2.75) is 26.8 Å². The van der Waals surface area contributed by atoms with Crippen LogP contribution in [0.15, 0.2) is 46.7 Å². The number of nitrogens with one attached hydrogen (secondary N) is 1. The van der Waals surface area contributed by atoms with Crippen LogP contribution in [0.5, 0.6) is 5.75 Å². The summed E-state index contributed by atoms with van der Waals surface area (Å²) in [6, 6.07) is 9.56. The van der Waals surface area contributed by atoms with Crippen LogP contribution in [0, 0.1) is 6.92 Å². The van der Waals surface area contributed by atoms with Crippen LogP contribution in [0.1, 0.15) is 29.2 Å². The second kappa shape index (κ2) is 10.9. The first kappa shape index (κ1) is 25.1. The first-order valence-electron chi connectivity index (χ1n) is 9.31. The van der Waals surface area contributed by atoms with Crippen molar-refractivity contribution >= 4 is 31.9 Å². The van der Waals surface area contributed by atoms with E-state index in [9.17, 15) is 18.0 Å². The maximum absolute atomic E-state index is 12.8. The topological polar surface area (TPSA) is 81.5 Å². The Bertz CT molecular complexity index is 1040. The maximum Gasteiger partial charge on any atom is 0.573 e. The summed E-state index contributed by atoms with van der Waals surface area (Å²) in [5, 5.41) is 10.8. The van der Waals surface area contributed by atoms with Crippen LogP contribution in [0.25, 0.3) is 0 Å². The van der Waals surface area contributed by atoms with E-state index in [-0.39, 0.29) is 29.3 Å². The molecule has 0 aliphatic carbocycles. The van der Waals surface area contributed by atoms with Crippen molar-refractivity contribution in [3.63, 3.8) is 0 Å². The molecule has 11 heteroatoms. The fraction of sp³-hybridized carbons (Fsp3) is 0.286. The van der Waals surface area contributed by atoms with Crippen molar-refractivity contribution < 1.29 is 32.4 Å². The minimum absolute atomic E-state index is 0.0508. The van der Waals surface area contributed by atoms with Gasteiger partial charge in [0.15, 0.2) is 5.71 Å². The van der Waals surface area contributed by atoms with Crippen molar-refractivity contribution in [2.24, 2.45) is 10.3 Å². The number of benzene rings is 2. The van der Waals surface area contributed by atoms with Gasteiger partial charge in [-0.1, -0.05) is 34.6 Å². The van der Waals surface area contributed by atoms with E-state index in [1.54, 1.807) is 18.2 Å². The lowest BCUT2D eigenvalue weighted by molar-refractivity contribution is -0.274. The quantitative estimate of drug-likeness (QED) is 0.365. The zero-order valence-corrected chi connectivity index (χ0v) is 19.1. The van der Waals surface area contributed by atoms with Gasteiger partial charge >= 0.3 is 6.36 Å². The van der Waals surface area contributed by atoms with Gasteiger partial charge in [-0.05, 0) is 36.8 Å². The van der Waals surface area contributed by atoms with E-state index in [0.717, 1.165) is 5.56 Å². The Balaban J connectivity index is 2.33. The number of carbonyl (C=O) groups is 1. The van der Waals surface area contributed by atoms with Crippen molar-refractivity contribution in [2.75, 3.05) is 14.2 Å². The fourth-order valence-corrected chi connectivity index (χ4v) is 3.08. The second-order valence-corrected chi connectivity index (χ2v) is 7.22. The number of alkyl halides is 3. The number of hydrogen-bond donors (Lipinski definition) is 1. The minimum atomic E-state index is -4.85. The molecule has 2 aromatic carbocycles. The highest BCUT2D eigenvalue weighted by atomic mass is 31.0. The number of rotatable bonds is 8. The number of nitrogens with zero attached hydrogens (tertiary/aromatic N) is 2. The molecule has 0 spiro atoms. The predicted octanol–water partition coefficient (Wildman–Crippen LogP) is 3.43. The smallest absolute Gasteiger partial charge is 0.405 e. The molecule has 1 amide bonds. The summed E-state index contributed by atoms with van der Waals surface area (Å²) in [4.78, 5) is 22.4. The largest absolute Gasteiger partial charge is 0.573 e. The molecule has 32 heavy (non-hydrogen) atoms. The van der Waals surface area contributed by atoms with Crippen molar-refractivity contribution in [1.29, 1.82) is 0 Å². The highest BCUT2D eigenvalue weighted by Crippen LogP contribution is 2.27. The normalized spacial score (nSPS) is 12.4. The molecule has 1 N–H and O–H groups in total. The molecular formula is C21H23F3N3O4P. The Morgan fingerprint density at radius 1 is 1.16 bits per heavy atom. The van der Waals surface area contributed by atoms with Crippen LogP contribution < -0.4 is 15.4 Å². The fourth-order valence-electron chi connectivity index (χ4n) is 2.83. The zero-order valence-electron chi connectivity index (χ0n) is 17.9. The van der Waals surface area contributed by atoms with E-state index in [1.165, 1.54) is 33.2 Å². The lowest BCUT2D eigenvalue weighted by Crippen LogP contribution is -2.29. The third-order valence-corrected chi connectivity index (χ3v) is 4.68. The van der Waals surface area contributed by atoms with Gasteiger partial charge in [-0.15, -0.1) is 22.4 Å². The molecule has 0 saturated heterocycles. The van der Waals surface area contributed by atoms with Gasteiger partial charge in [0.2, 0.25) is 0 Å². The molecule has 2 aromatic rings. The summed E-state index contributed by atoms with van der Waals surface area (Å²) in [6.45, 7) is 3.26. The van der Waals surface area contributed by atoms with Gasteiger partial charge in [0.25, 0.3) is 5.91 Å². The molecule has 0 radical (unpaired) electrons. The Morgan fingerprint density at radius 3 is 2.50 bits per heavy atom. The average molecular weight is 469 g/mol. The molecule has 7 nitrogen and oxygen atoms in total. The first-order chi connectivity index (χ1) is 15.1. The van der Waals surface area contributed by atoms with Gasteiger partial charge in [-0.3, -0.25) is 4.79 Å². The van der Waals surface area contributed by atoms with Gasteiger partial charge < -0.3 is 19.7 Å².